The topological polar surface area (TPSA) is 44.9 Å². The van der Waals surface area contributed by atoms with Gasteiger partial charge in [-0.1, -0.05) is 11.6 Å². The molecule has 0 atom stereocenters. The predicted octanol–water partition coefficient (Wildman–Crippen LogP) is 2.43. The first-order valence-corrected chi connectivity index (χ1v) is 6.10. The van der Waals surface area contributed by atoms with Gasteiger partial charge in [-0.15, -0.1) is 0 Å². The van der Waals surface area contributed by atoms with E-state index in [1.807, 2.05) is 18.5 Å². The average Bonchev–Trinajstić information content (AvgIpc) is 2.85. The quantitative estimate of drug-likeness (QED) is 0.789. The second-order valence-electron chi connectivity index (χ2n) is 4.23. The van der Waals surface area contributed by atoms with E-state index in [1.165, 1.54) is 0 Å². The lowest BCUT2D eigenvalue weighted by molar-refractivity contribution is 0.560. The molecule has 5 heteroatoms. The van der Waals surface area contributed by atoms with Crippen LogP contribution >= 0.6 is 11.6 Å². The van der Waals surface area contributed by atoms with Crippen LogP contribution in [0.1, 0.15) is 11.4 Å². The summed E-state index contributed by atoms with van der Waals surface area (Å²) in [6, 6.07) is 7.56. The molecule has 0 saturated carbocycles. The zero-order valence-electron chi connectivity index (χ0n) is 9.67. The van der Waals surface area contributed by atoms with Crippen molar-refractivity contribution in [2.75, 3.05) is 11.4 Å². The van der Waals surface area contributed by atoms with E-state index in [4.69, 9.17) is 16.9 Å². The largest absolute Gasteiger partial charge is 0.361 e. The molecule has 1 aliphatic rings. The third-order valence-electron chi connectivity index (χ3n) is 3.17. The molecular formula is C13H11ClN4. The van der Waals surface area contributed by atoms with Gasteiger partial charge in [-0.2, -0.15) is 5.26 Å². The molecule has 1 aromatic heterocycles. The minimum atomic E-state index is 0.651. The highest BCUT2D eigenvalue weighted by atomic mass is 35.5. The maximum atomic E-state index is 9.15. The van der Waals surface area contributed by atoms with Gasteiger partial charge in [-0.05, 0) is 18.2 Å². The molecule has 18 heavy (non-hydrogen) atoms. The molecule has 0 amide bonds. The molecular weight excluding hydrogens is 248 g/mol. The molecule has 0 bridgehead atoms. The zero-order valence-corrected chi connectivity index (χ0v) is 10.4. The Morgan fingerprint density at radius 2 is 2.22 bits per heavy atom. The first-order chi connectivity index (χ1) is 8.78. The third-order valence-corrected chi connectivity index (χ3v) is 3.40. The van der Waals surface area contributed by atoms with Crippen LogP contribution in [0.4, 0.5) is 5.69 Å². The first kappa shape index (κ1) is 11.1. The summed E-state index contributed by atoms with van der Waals surface area (Å²) >= 11 is 6.02. The summed E-state index contributed by atoms with van der Waals surface area (Å²) in [5.41, 5.74) is 1.54. The first-order valence-electron chi connectivity index (χ1n) is 5.72. The fourth-order valence-corrected chi connectivity index (χ4v) is 2.41. The Bertz CT molecular complexity index is 626. The van der Waals surface area contributed by atoms with Gasteiger partial charge in [-0.25, -0.2) is 4.98 Å². The van der Waals surface area contributed by atoms with Crippen molar-refractivity contribution in [1.29, 1.82) is 5.26 Å². The summed E-state index contributed by atoms with van der Waals surface area (Å²) in [5.74, 6) is 1.02. The minimum Gasteiger partial charge on any atom is -0.361 e. The van der Waals surface area contributed by atoms with Crippen LogP contribution in [-0.2, 0) is 13.1 Å². The number of nitrogens with zero attached hydrogens (tertiary/aromatic N) is 4. The molecule has 0 aliphatic carbocycles. The van der Waals surface area contributed by atoms with Gasteiger partial charge >= 0.3 is 0 Å². The van der Waals surface area contributed by atoms with Gasteiger partial charge in [0.15, 0.2) is 0 Å². The van der Waals surface area contributed by atoms with Crippen LogP contribution in [0.5, 0.6) is 0 Å². The van der Waals surface area contributed by atoms with Crippen molar-refractivity contribution >= 4 is 17.3 Å². The number of hydrogen-bond acceptors (Lipinski definition) is 3. The van der Waals surface area contributed by atoms with Gasteiger partial charge in [0.05, 0.1) is 17.8 Å². The summed E-state index contributed by atoms with van der Waals surface area (Å²) in [6.45, 7) is 2.45. The van der Waals surface area contributed by atoms with E-state index in [2.05, 4.69) is 20.5 Å². The van der Waals surface area contributed by atoms with Crippen LogP contribution in [0, 0.1) is 11.3 Å². The van der Waals surface area contributed by atoms with Crippen molar-refractivity contribution in [2.45, 2.75) is 13.1 Å². The molecule has 1 aromatic carbocycles. The summed E-state index contributed by atoms with van der Waals surface area (Å²) in [5, 5.41) is 9.81. The second kappa shape index (κ2) is 4.35. The van der Waals surface area contributed by atoms with Gasteiger partial charge in [0, 0.05) is 30.5 Å². The molecule has 90 valence electrons. The normalized spacial score (nSPS) is 14.1. The Morgan fingerprint density at radius 3 is 3.06 bits per heavy atom. The minimum absolute atomic E-state index is 0.651. The van der Waals surface area contributed by atoms with Crippen LogP contribution in [0.15, 0.2) is 30.6 Å². The number of hydrogen-bond donors (Lipinski definition) is 0. The van der Waals surface area contributed by atoms with E-state index in [0.29, 0.717) is 17.1 Å². The third kappa shape index (κ3) is 1.83. The fourth-order valence-electron chi connectivity index (χ4n) is 2.24. The van der Waals surface area contributed by atoms with E-state index in [1.54, 1.807) is 12.1 Å². The molecule has 2 aromatic rings. The van der Waals surface area contributed by atoms with Gasteiger partial charge in [-0.3, -0.25) is 0 Å². The van der Waals surface area contributed by atoms with Crippen LogP contribution in [0.3, 0.4) is 0 Å². The lowest BCUT2D eigenvalue weighted by atomic mass is 10.1. The Morgan fingerprint density at radius 1 is 1.33 bits per heavy atom. The maximum absolute atomic E-state index is 9.15. The Balaban J connectivity index is 1.98. The molecule has 0 fully saturated rings. The predicted molar refractivity (Wildman–Crippen MR) is 69.4 cm³/mol. The number of anilines is 1. The molecule has 0 N–H and O–H groups in total. The molecule has 0 spiro atoms. The molecule has 1 aliphatic heterocycles. The number of halogens is 1. The lowest BCUT2D eigenvalue weighted by Gasteiger charge is -2.30. The van der Waals surface area contributed by atoms with E-state index in [0.717, 1.165) is 24.6 Å². The number of benzene rings is 1. The van der Waals surface area contributed by atoms with E-state index in [-0.39, 0.29) is 0 Å². The smallest absolute Gasteiger partial charge is 0.128 e. The lowest BCUT2D eigenvalue weighted by Crippen LogP contribution is -2.34. The molecule has 0 unspecified atom stereocenters. The molecule has 4 nitrogen and oxygen atoms in total. The van der Waals surface area contributed by atoms with Gasteiger partial charge in [0.1, 0.15) is 11.9 Å². The zero-order chi connectivity index (χ0) is 12.5. The summed E-state index contributed by atoms with van der Waals surface area (Å²) in [7, 11) is 0. The average molecular weight is 259 g/mol. The second-order valence-corrected chi connectivity index (χ2v) is 4.67. The highest BCUT2D eigenvalue weighted by Gasteiger charge is 2.19. The van der Waals surface area contributed by atoms with E-state index >= 15 is 0 Å². The number of nitriles is 1. The van der Waals surface area contributed by atoms with E-state index in [9.17, 15) is 0 Å². The summed E-state index contributed by atoms with van der Waals surface area (Å²) in [4.78, 5) is 6.46. The van der Waals surface area contributed by atoms with Crippen molar-refractivity contribution in [3.05, 3.63) is 47.0 Å². The number of fused-ring (bicyclic) bond motifs is 1. The SMILES string of the molecule is N#Cc1ccc(Cl)cc1N1CCn2ccnc2C1. The van der Waals surface area contributed by atoms with Crippen molar-refractivity contribution in [3.8, 4) is 6.07 Å². The van der Waals surface area contributed by atoms with Crippen molar-refractivity contribution < 1.29 is 0 Å². The standard InChI is InChI=1S/C13H11ClN4/c14-11-2-1-10(8-15)12(7-11)18-6-5-17-4-3-16-13(17)9-18/h1-4,7H,5-6,9H2. The van der Waals surface area contributed by atoms with Crippen molar-refractivity contribution in [3.63, 3.8) is 0 Å². The van der Waals surface area contributed by atoms with Gasteiger partial charge < -0.3 is 9.47 Å². The highest BCUT2D eigenvalue weighted by molar-refractivity contribution is 6.30. The van der Waals surface area contributed by atoms with Crippen LogP contribution in [0.25, 0.3) is 0 Å². The number of imidazole rings is 1. The summed E-state index contributed by atoms with van der Waals surface area (Å²) in [6.07, 6.45) is 3.79. The Hall–Kier alpha value is -1.99. The Labute approximate surface area is 110 Å². The van der Waals surface area contributed by atoms with Crippen molar-refractivity contribution in [2.24, 2.45) is 0 Å². The van der Waals surface area contributed by atoms with Crippen LogP contribution in [-0.4, -0.2) is 16.1 Å². The van der Waals surface area contributed by atoms with Crippen LogP contribution < -0.4 is 4.90 Å². The highest BCUT2D eigenvalue weighted by Crippen LogP contribution is 2.27. The van der Waals surface area contributed by atoms with Gasteiger partial charge in [0.25, 0.3) is 0 Å². The fraction of sp³-hybridized carbons (Fsp3) is 0.231. The Kier molecular flexibility index (Phi) is 2.69. The van der Waals surface area contributed by atoms with E-state index < -0.39 is 0 Å². The molecule has 3 rings (SSSR count). The molecule has 0 saturated heterocycles. The van der Waals surface area contributed by atoms with Crippen molar-refractivity contribution in [1.82, 2.24) is 9.55 Å². The molecule has 0 radical (unpaired) electrons. The maximum Gasteiger partial charge on any atom is 0.128 e. The monoisotopic (exact) mass is 258 g/mol. The number of rotatable bonds is 1. The molecule has 2 heterocycles. The van der Waals surface area contributed by atoms with Crippen LogP contribution in [0.2, 0.25) is 5.02 Å². The summed E-state index contributed by atoms with van der Waals surface area (Å²) < 4.78 is 2.13. The number of aromatic nitrogens is 2. The van der Waals surface area contributed by atoms with Gasteiger partial charge in [0.2, 0.25) is 0 Å².